The molecule has 1 atom stereocenters. The van der Waals surface area contributed by atoms with Crippen molar-refractivity contribution in [2.45, 2.75) is 39.0 Å². The molecule has 0 bridgehead atoms. The van der Waals surface area contributed by atoms with Crippen LogP contribution in [0.3, 0.4) is 0 Å². The Morgan fingerprint density at radius 3 is 2.18 bits per heavy atom. The van der Waals surface area contributed by atoms with Crippen molar-refractivity contribution in [1.82, 2.24) is 0 Å². The topological polar surface area (TPSA) is 37.3 Å². The zero-order valence-electron chi connectivity index (χ0n) is 7.01. The summed E-state index contributed by atoms with van der Waals surface area (Å²) in [6, 6.07) is 0. The van der Waals surface area contributed by atoms with Gasteiger partial charge in [-0.05, 0) is 6.42 Å². The molecule has 0 fully saturated rings. The predicted octanol–water partition coefficient (Wildman–Crippen LogP) is 2.42. The van der Waals surface area contributed by atoms with E-state index in [0.29, 0.717) is 6.16 Å². The van der Waals surface area contributed by atoms with Gasteiger partial charge in [0.2, 0.25) is 0 Å². The standard InChI is InChI=1S/C7H17O2P.Mo/c1-2-3-4-5-6-7-10(8)9;/h10H,2-7H2,1H3,(H,8,9);. The molecule has 0 spiro atoms. The number of hydrogen-bond acceptors (Lipinski definition) is 1. The molecule has 0 aliphatic heterocycles. The summed E-state index contributed by atoms with van der Waals surface area (Å²) in [4.78, 5) is 8.46. The molecule has 2 nitrogen and oxygen atoms in total. The van der Waals surface area contributed by atoms with Crippen LogP contribution >= 0.6 is 8.03 Å². The van der Waals surface area contributed by atoms with Gasteiger partial charge < -0.3 is 4.89 Å². The van der Waals surface area contributed by atoms with E-state index in [2.05, 4.69) is 6.92 Å². The predicted molar refractivity (Wildman–Crippen MR) is 44.8 cm³/mol. The van der Waals surface area contributed by atoms with Crippen molar-refractivity contribution < 1.29 is 30.5 Å². The van der Waals surface area contributed by atoms with E-state index in [1.807, 2.05) is 0 Å². The monoisotopic (exact) mass is 262 g/mol. The van der Waals surface area contributed by atoms with E-state index < -0.39 is 8.03 Å². The third-order valence-electron chi connectivity index (χ3n) is 1.49. The van der Waals surface area contributed by atoms with E-state index in [4.69, 9.17) is 4.89 Å². The summed E-state index contributed by atoms with van der Waals surface area (Å²) in [7, 11) is -2.17. The molecule has 0 aromatic rings. The first-order valence-electron chi connectivity index (χ1n) is 3.99. The van der Waals surface area contributed by atoms with Crippen molar-refractivity contribution in [2.24, 2.45) is 0 Å². The fraction of sp³-hybridized carbons (Fsp3) is 1.00. The summed E-state index contributed by atoms with van der Waals surface area (Å²) in [5, 5.41) is 0. The minimum atomic E-state index is -2.17. The average molecular weight is 260 g/mol. The molecule has 11 heavy (non-hydrogen) atoms. The van der Waals surface area contributed by atoms with Gasteiger partial charge in [-0.25, -0.2) is 0 Å². The Bertz CT molecular complexity index is 98.4. The second kappa shape index (κ2) is 10.9. The molecule has 0 aliphatic rings. The van der Waals surface area contributed by atoms with Gasteiger partial charge in [-0.2, -0.15) is 0 Å². The zero-order chi connectivity index (χ0) is 7.82. The van der Waals surface area contributed by atoms with E-state index in [-0.39, 0.29) is 21.1 Å². The second-order valence-corrected chi connectivity index (χ2v) is 3.85. The van der Waals surface area contributed by atoms with Crippen LogP contribution in [0.15, 0.2) is 0 Å². The zero-order valence-corrected chi connectivity index (χ0v) is 10.0. The molecule has 0 saturated carbocycles. The van der Waals surface area contributed by atoms with Crippen LogP contribution in [0.4, 0.5) is 0 Å². The number of hydrogen-bond donors (Lipinski definition) is 1. The van der Waals surface area contributed by atoms with E-state index in [1.54, 1.807) is 0 Å². The van der Waals surface area contributed by atoms with Gasteiger partial charge in [-0.15, -0.1) is 0 Å². The van der Waals surface area contributed by atoms with Crippen LogP contribution in [0.25, 0.3) is 0 Å². The molecule has 0 radical (unpaired) electrons. The molecule has 1 N–H and O–H groups in total. The molecule has 0 aliphatic carbocycles. The molecule has 0 aromatic heterocycles. The molecular formula is C7H17MoO2P. The Balaban J connectivity index is 0. The smallest absolute Gasteiger partial charge is 0.189 e. The van der Waals surface area contributed by atoms with Crippen LogP contribution in [-0.4, -0.2) is 11.1 Å². The van der Waals surface area contributed by atoms with Gasteiger partial charge in [-0.1, -0.05) is 32.6 Å². The number of rotatable bonds is 6. The van der Waals surface area contributed by atoms with E-state index >= 15 is 0 Å². The molecule has 0 heterocycles. The Morgan fingerprint density at radius 1 is 1.18 bits per heavy atom. The maximum atomic E-state index is 10.2. The van der Waals surface area contributed by atoms with Crippen LogP contribution in [-0.2, 0) is 25.6 Å². The Kier molecular flexibility index (Phi) is 14.2. The molecule has 4 heteroatoms. The quantitative estimate of drug-likeness (QED) is 0.452. The average Bonchev–Trinajstić information content (AvgIpc) is 1.87. The summed E-state index contributed by atoms with van der Waals surface area (Å²) < 4.78 is 10.2. The van der Waals surface area contributed by atoms with Gasteiger partial charge in [0.05, 0.1) is 0 Å². The first-order chi connectivity index (χ1) is 4.77. The van der Waals surface area contributed by atoms with Crippen molar-refractivity contribution in [2.75, 3.05) is 6.16 Å². The fourth-order valence-corrected chi connectivity index (χ4v) is 1.43. The van der Waals surface area contributed by atoms with Crippen molar-refractivity contribution in [1.29, 1.82) is 0 Å². The van der Waals surface area contributed by atoms with Gasteiger partial charge >= 0.3 is 0 Å². The van der Waals surface area contributed by atoms with Gasteiger partial charge in [0.1, 0.15) is 0 Å². The molecule has 0 aromatic carbocycles. The first kappa shape index (κ1) is 14.4. The fourth-order valence-electron chi connectivity index (χ4n) is 0.880. The summed E-state index contributed by atoms with van der Waals surface area (Å²) in [6.45, 7) is 2.16. The molecule has 0 saturated heterocycles. The minimum Gasteiger partial charge on any atom is -0.346 e. The van der Waals surface area contributed by atoms with Crippen molar-refractivity contribution in [3.8, 4) is 0 Å². The van der Waals surface area contributed by atoms with Crippen LogP contribution in [0.1, 0.15) is 39.0 Å². The van der Waals surface area contributed by atoms with Gasteiger partial charge in [0.25, 0.3) is 0 Å². The van der Waals surface area contributed by atoms with Crippen molar-refractivity contribution >= 4 is 8.03 Å². The third kappa shape index (κ3) is 13.8. The number of unbranched alkanes of at least 4 members (excludes halogenated alkanes) is 4. The van der Waals surface area contributed by atoms with Gasteiger partial charge in [-0.3, -0.25) is 4.57 Å². The summed E-state index contributed by atoms with van der Waals surface area (Å²) in [5.41, 5.74) is 0. The van der Waals surface area contributed by atoms with Gasteiger partial charge in [0.15, 0.2) is 8.03 Å². The maximum absolute atomic E-state index is 10.2. The summed E-state index contributed by atoms with van der Waals surface area (Å²) >= 11 is 0. The Labute approximate surface area is 83.9 Å². The molecule has 0 rings (SSSR count). The molecular weight excluding hydrogens is 243 g/mol. The van der Waals surface area contributed by atoms with Crippen LogP contribution in [0.5, 0.6) is 0 Å². The van der Waals surface area contributed by atoms with E-state index in [9.17, 15) is 4.57 Å². The minimum absolute atomic E-state index is 0. The largest absolute Gasteiger partial charge is 0.346 e. The van der Waals surface area contributed by atoms with Crippen LogP contribution in [0, 0.1) is 0 Å². The molecule has 0 amide bonds. The van der Waals surface area contributed by atoms with Gasteiger partial charge in [0, 0.05) is 27.2 Å². The first-order valence-corrected chi connectivity index (χ1v) is 5.55. The van der Waals surface area contributed by atoms with Crippen LogP contribution < -0.4 is 0 Å². The molecule has 68 valence electrons. The van der Waals surface area contributed by atoms with Crippen molar-refractivity contribution in [3.05, 3.63) is 0 Å². The third-order valence-corrected chi connectivity index (χ3v) is 2.28. The normalized spacial score (nSPS) is 12.2. The SMILES string of the molecule is CCCCCCC[PH](=O)O.[Mo]. The Hall–Kier alpha value is 0.878. The van der Waals surface area contributed by atoms with Crippen molar-refractivity contribution in [3.63, 3.8) is 0 Å². The van der Waals surface area contributed by atoms with Crippen LogP contribution in [0.2, 0.25) is 0 Å². The Morgan fingerprint density at radius 2 is 1.73 bits per heavy atom. The summed E-state index contributed by atoms with van der Waals surface area (Å²) in [5.74, 6) is 0. The summed E-state index contributed by atoms with van der Waals surface area (Å²) in [6.07, 6.45) is 6.26. The van der Waals surface area contributed by atoms with E-state index in [0.717, 1.165) is 12.8 Å². The second-order valence-electron chi connectivity index (χ2n) is 2.56. The maximum Gasteiger partial charge on any atom is 0.189 e. The molecule has 1 unspecified atom stereocenters. The van der Waals surface area contributed by atoms with E-state index in [1.165, 1.54) is 19.3 Å².